The number of hydrogen-bond donors (Lipinski definition) is 1. The summed E-state index contributed by atoms with van der Waals surface area (Å²) in [6, 6.07) is 10.5. The number of carbonyl (C=O) groups is 1. The summed E-state index contributed by atoms with van der Waals surface area (Å²) in [6.45, 7) is 1.13. The molecule has 21 heavy (non-hydrogen) atoms. The zero-order valence-electron chi connectivity index (χ0n) is 11.2. The van der Waals surface area contributed by atoms with Gasteiger partial charge in [-0.05, 0) is 36.4 Å². The number of hydrogen-bond acceptors (Lipinski definition) is 3. The van der Waals surface area contributed by atoms with Gasteiger partial charge in [-0.2, -0.15) is 0 Å². The number of carbonyl (C=O) groups excluding carboxylic acids is 1. The van der Waals surface area contributed by atoms with Crippen LogP contribution in [0, 0.1) is 0 Å². The lowest BCUT2D eigenvalue weighted by molar-refractivity contribution is 0.0490. The number of nitrogens with one attached hydrogen (secondary N) is 1. The van der Waals surface area contributed by atoms with Crippen LogP contribution in [0.1, 0.15) is 0 Å². The molecule has 1 aliphatic heterocycles. The van der Waals surface area contributed by atoms with E-state index in [4.69, 9.17) is 16.3 Å². The highest BCUT2D eigenvalue weighted by molar-refractivity contribution is 6.30. The first-order valence-corrected chi connectivity index (χ1v) is 6.97. The molecular formula is C15H14ClN3O2. The first-order valence-electron chi connectivity index (χ1n) is 6.59. The van der Waals surface area contributed by atoms with Crippen molar-refractivity contribution in [3.05, 3.63) is 53.8 Å². The molecule has 2 heterocycles. The van der Waals surface area contributed by atoms with E-state index in [0.717, 1.165) is 11.4 Å². The summed E-state index contributed by atoms with van der Waals surface area (Å²) < 4.78 is 5.70. The van der Waals surface area contributed by atoms with Crippen LogP contribution in [0.3, 0.4) is 0 Å². The topological polar surface area (TPSA) is 54.5 Å². The number of ether oxygens (including phenoxy) is 1. The molecular weight excluding hydrogens is 290 g/mol. The molecule has 1 N–H and O–H groups in total. The summed E-state index contributed by atoms with van der Waals surface area (Å²) in [4.78, 5) is 17.7. The Balaban J connectivity index is 1.47. The molecule has 0 saturated carbocycles. The maximum Gasteiger partial charge on any atom is 0.322 e. The zero-order valence-corrected chi connectivity index (χ0v) is 12.0. The fourth-order valence-corrected chi connectivity index (χ4v) is 2.15. The van der Waals surface area contributed by atoms with Crippen molar-refractivity contribution in [2.24, 2.45) is 0 Å². The first-order chi connectivity index (χ1) is 10.2. The van der Waals surface area contributed by atoms with Crippen molar-refractivity contribution < 1.29 is 9.53 Å². The normalized spacial score (nSPS) is 14.4. The smallest absolute Gasteiger partial charge is 0.322 e. The molecule has 1 aromatic carbocycles. The summed E-state index contributed by atoms with van der Waals surface area (Å²) in [5.74, 6) is 0.722. The molecule has 108 valence electrons. The van der Waals surface area contributed by atoms with Gasteiger partial charge in [-0.25, -0.2) is 4.79 Å². The Kier molecular flexibility index (Phi) is 3.92. The number of halogens is 1. The van der Waals surface area contributed by atoms with E-state index in [1.807, 2.05) is 12.1 Å². The average Bonchev–Trinajstić information content (AvgIpc) is 2.46. The van der Waals surface area contributed by atoms with E-state index >= 15 is 0 Å². The molecule has 0 unspecified atom stereocenters. The van der Waals surface area contributed by atoms with E-state index in [9.17, 15) is 4.79 Å². The van der Waals surface area contributed by atoms with Crippen molar-refractivity contribution in [3.8, 4) is 5.75 Å². The Labute approximate surface area is 127 Å². The van der Waals surface area contributed by atoms with Crippen molar-refractivity contribution in [2.75, 3.05) is 18.4 Å². The molecule has 0 aliphatic carbocycles. The number of amides is 2. The summed E-state index contributed by atoms with van der Waals surface area (Å²) in [6.07, 6.45) is 3.38. The third-order valence-corrected chi connectivity index (χ3v) is 3.42. The van der Waals surface area contributed by atoms with Crippen LogP contribution >= 0.6 is 11.6 Å². The van der Waals surface area contributed by atoms with Crippen molar-refractivity contribution in [2.45, 2.75) is 6.10 Å². The average molecular weight is 304 g/mol. The molecule has 6 heteroatoms. The van der Waals surface area contributed by atoms with Gasteiger partial charge in [0.05, 0.1) is 19.3 Å². The second kappa shape index (κ2) is 6.01. The van der Waals surface area contributed by atoms with Gasteiger partial charge in [0.2, 0.25) is 0 Å². The highest BCUT2D eigenvalue weighted by atomic mass is 35.5. The molecule has 0 radical (unpaired) electrons. The highest BCUT2D eigenvalue weighted by Gasteiger charge is 2.32. The summed E-state index contributed by atoms with van der Waals surface area (Å²) >= 11 is 5.80. The molecule has 1 saturated heterocycles. The van der Waals surface area contributed by atoms with Gasteiger partial charge in [0.15, 0.2) is 0 Å². The van der Waals surface area contributed by atoms with Crippen molar-refractivity contribution in [1.82, 2.24) is 9.88 Å². The van der Waals surface area contributed by atoms with Gasteiger partial charge < -0.3 is 15.0 Å². The molecule has 1 aliphatic rings. The molecule has 3 rings (SSSR count). The number of urea groups is 1. The van der Waals surface area contributed by atoms with Crippen LogP contribution in [-0.2, 0) is 0 Å². The lowest BCUT2D eigenvalue weighted by Crippen LogP contribution is -2.57. The summed E-state index contributed by atoms with van der Waals surface area (Å²) in [7, 11) is 0. The van der Waals surface area contributed by atoms with Crippen LogP contribution in [0.5, 0.6) is 5.75 Å². The van der Waals surface area contributed by atoms with Gasteiger partial charge in [-0.15, -0.1) is 0 Å². The third-order valence-electron chi connectivity index (χ3n) is 3.17. The van der Waals surface area contributed by atoms with Crippen LogP contribution in [0.15, 0.2) is 48.8 Å². The second-order valence-corrected chi connectivity index (χ2v) is 5.21. The predicted molar refractivity (Wildman–Crippen MR) is 80.7 cm³/mol. The number of aromatic nitrogens is 1. The van der Waals surface area contributed by atoms with Crippen LogP contribution in [0.25, 0.3) is 0 Å². The molecule has 1 aromatic heterocycles. The van der Waals surface area contributed by atoms with E-state index in [1.54, 1.807) is 41.6 Å². The van der Waals surface area contributed by atoms with Crippen LogP contribution in [0.2, 0.25) is 5.02 Å². The van der Waals surface area contributed by atoms with E-state index in [0.29, 0.717) is 18.1 Å². The minimum Gasteiger partial charge on any atom is -0.485 e. The van der Waals surface area contributed by atoms with Gasteiger partial charge >= 0.3 is 6.03 Å². The minimum atomic E-state index is -0.136. The maximum absolute atomic E-state index is 12.0. The SMILES string of the molecule is O=C(Nc1ccc(Cl)cc1)N1CC(Oc2cccnc2)C1. The quantitative estimate of drug-likeness (QED) is 0.948. The third kappa shape index (κ3) is 3.44. The van der Waals surface area contributed by atoms with Gasteiger partial charge in [-0.1, -0.05) is 11.6 Å². The van der Waals surface area contributed by atoms with Crippen molar-refractivity contribution >= 4 is 23.3 Å². The Morgan fingerprint density at radius 3 is 2.71 bits per heavy atom. The second-order valence-electron chi connectivity index (χ2n) is 4.77. The minimum absolute atomic E-state index is 0.0187. The van der Waals surface area contributed by atoms with E-state index in [1.165, 1.54) is 0 Å². The van der Waals surface area contributed by atoms with Gasteiger partial charge in [0.1, 0.15) is 11.9 Å². The van der Waals surface area contributed by atoms with Crippen molar-refractivity contribution in [3.63, 3.8) is 0 Å². The maximum atomic E-state index is 12.0. The molecule has 0 atom stereocenters. The fraction of sp³-hybridized carbons (Fsp3) is 0.200. The van der Waals surface area contributed by atoms with Crippen molar-refractivity contribution in [1.29, 1.82) is 0 Å². The Morgan fingerprint density at radius 1 is 1.29 bits per heavy atom. The highest BCUT2D eigenvalue weighted by Crippen LogP contribution is 2.19. The molecule has 5 nitrogen and oxygen atoms in total. The molecule has 2 aromatic rings. The molecule has 0 spiro atoms. The van der Waals surface area contributed by atoms with Gasteiger partial charge in [0, 0.05) is 16.9 Å². The van der Waals surface area contributed by atoms with Gasteiger partial charge in [0.25, 0.3) is 0 Å². The molecule has 1 fully saturated rings. The lowest BCUT2D eigenvalue weighted by atomic mass is 10.2. The number of pyridine rings is 1. The van der Waals surface area contributed by atoms with E-state index in [-0.39, 0.29) is 12.1 Å². The Morgan fingerprint density at radius 2 is 2.05 bits per heavy atom. The molecule has 2 amide bonds. The fourth-order valence-electron chi connectivity index (χ4n) is 2.02. The Hall–Kier alpha value is -2.27. The van der Waals surface area contributed by atoms with Gasteiger partial charge in [-0.3, -0.25) is 4.98 Å². The zero-order chi connectivity index (χ0) is 14.7. The number of likely N-dealkylation sites (tertiary alicyclic amines) is 1. The lowest BCUT2D eigenvalue weighted by Gasteiger charge is -2.38. The predicted octanol–water partition coefficient (Wildman–Crippen LogP) is 3.03. The number of benzene rings is 1. The largest absolute Gasteiger partial charge is 0.485 e. The molecule has 0 bridgehead atoms. The number of nitrogens with zero attached hydrogens (tertiary/aromatic N) is 2. The van der Waals surface area contributed by atoms with Crippen LogP contribution in [0.4, 0.5) is 10.5 Å². The van der Waals surface area contributed by atoms with E-state index in [2.05, 4.69) is 10.3 Å². The number of rotatable bonds is 3. The Bertz CT molecular complexity index is 613. The number of anilines is 1. The monoisotopic (exact) mass is 303 g/mol. The summed E-state index contributed by atoms with van der Waals surface area (Å²) in [5.41, 5.74) is 0.723. The van der Waals surface area contributed by atoms with Crippen LogP contribution in [-0.4, -0.2) is 35.1 Å². The standard InChI is InChI=1S/C15H14ClN3O2/c16-11-3-5-12(6-4-11)18-15(20)19-9-14(10-19)21-13-2-1-7-17-8-13/h1-8,14H,9-10H2,(H,18,20). The van der Waals surface area contributed by atoms with E-state index < -0.39 is 0 Å². The first kappa shape index (κ1) is 13.7. The van der Waals surface area contributed by atoms with Crippen LogP contribution < -0.4 is 10.1 Å². The summed E-state index contributed by atoms with van der Waals surface area (Å²) in [5, 5.41) is 3.46.